The van der Waals surface area contributed by atoms with Crippen molar-refractivity contribution in [1.82, 2.24) is 4.98 Å². The number of nitrogens with zero attached hydrogens (tertiary/aromatic N) is 1. The average Bonchev–Trinajstić information content (AvgIpc) is 2.41. The van der Waals surface area contributed by atoms with Crippen molar-refractivity contribution in [3.63, 3.8) is 0 Å². The van der Waals surface area contributed by atoms with Crippen molar-refractivity contribution in [3.8, 4) is 5.75 Å². The van der Waals surface area contributed by atoms with Crippen LogP contribution in [0.3, 0.4) is 0 Å². The SMILES string of the molecule is COc1cncc(C(N)c2ccc(F)c(C)c2)c1. The van der Waals surface area contributed by atoms with Crippen molar-refractivity contribution >= 4 is 0 Å². The van der Waals surface area contributed by atoms with Gasteiger partial charge in [-0.3, -0.25) is 4.98 Å². The van der Waals surface area contributed by atoms with E-state index in [0.717, 1.165) is 11.1 Å². The molecule has 0 bridgehead atoms. The fraction of sp³-hybridized carbons (Fsp3) is 0.214. The molecule has 3 nitrogen and oxygen atoms in total. The first kappa shape index (κ1) is 12.5. The number of ether oxygens (including phenoxy) is 1. The van der Waals surface area contributed by atoms with Gasteiger partial charge in [-0.05, 0) is 35.7 Å². The van der Waals surface area contributed by atoms with Crippen molar-refractivity contribution in [2.45, 2.75) is 13.0 Å². The van der Waals surface area contributed by atoms with Gasteiger partial charge in [0, 0.05) is 6.20 Å². The number of hydrogen-bond donors (Lipinski definition) is 1. The molecule has 0 saturated carbocycles. The van der Waals surface area contributed by atoms with Crippen molar-refractivity contribution in [1.29, 1.82) is 0 Å². The van der Waals surface area contributed by atoms with Crippen LogP contribution in [0.25, 0.3) is 0 Å². The molecule has 0 aliphatic carbocycles. The number of methoxy groups -OCH3 is 1. The fourth-order valence-corrected chi connectivity index (χ4v) is 1.77. The Kier molecular flexibility index (Phi) is 3.58. The average molecular weight is 246 g/mol. The van der Waals surface area contributed by atoms with Crippen LogP contribution < -0.4 is 10.5 Å². The highest BCUT2D eigenvalue weighted by Crippen LogP contribution is 2.23. The van der Waals surface area contributed by atoms with E-state index in [4.69, 9.17) is 10.5 Å². The Labute approximate surface area is 105 Å². The molecule has 0 spiro atoms. The maximum absolute atomic E-state index is 13.2. The molecule has 1 unspecified atom stereocenters. The molecule has 2 aromatic rings. The van der Waals surface area contributed by atoms with Gasteiger partial charge in [0.25, 0.3) is 0 Å². The molecule has 2 rings (SSSR count). The zero-order valence-corrected chi connectivity index (χ0v) is 10.4. The summed E-state index contributed by atoms with van der Waals surface area (Å²) in [6.07, 6.45) is 3.30. The van der Waals surface area contributed by atoms with Crippen LogP contribution in [0.5, 0.6) is 5.75 Å². The second-order valence-electron chi connectivity index (χ2n) is 4.14. The summed E-state index contributed by atoms with van der Waals surface area (Å²) in [6.45, 7) is 1.72. The lowest BCUT2D eigenvalue weighted by atomic mass is 9.99. The van der Waals surface area contributed by atoms with Crippen LogP contribution in [0, 0.1) is 12.7 Å². The van der Waals surface area contributed by atoms with E-state index in [1.807, 2.05) is 6.07 Å². The van der Waals surface area contributed by atoms with Gasteiger partial charge in [0.1, 0.15) is 11.6 Å². The second-order valence-corrected chi connectivity index (χ2v) is 4.14. The molecule has 1 atom stereocenters. The molecular weight excluding hydrogens is 231 g/mol. The van der Waals surface area contributed by atoms with Gasteiger partial charge in [0.15, 0.2) is 0 Å². The molecule has 0 saturated heterocycles. The Morgan fingerprint density at radius 2 is 2.00 bits per heavy atom. The molecule has 0 radical (unpaired) electrons. The predicted octanol–water partition coefficient (Wildman–Crippen LogP) is 2.59. The van der Waals surface area contributed by atoms with Crippen LogP contribution in [0.1, 0.15) is 22.7 Å². The number of rotatable bonds is 3. The number of aromatic nitrogens is 1. The predicted molar refractivity (Wildman–Crippen MR) is 68.0 cm³/mol. The van der Waals surface area contributed by atoms with E-state index in [1.165, 1.54) is 6.07 Å². The van der Waals surface area contributed by atoms with Crippen LogP contribution >= 0.6 is 0 Å². The van der Waals surface area contributed by atoms with Crippen LogP contribution in [0.4, 0.5) is 4.39 Å². The first-order chi connectivity index (χ1) is 8.61. The Balaban J connectivity index is 2.34. The number of hydrogen-bond acceptors (Lipinski definition) is 3. The van der Waals surface area contributed by atoms with Crippen LogP contribution in [-0.2, 0) is 0 Å². The number of halogens is 1. The first-order valence-corrected chi connectivity index (χ1v) is 5.62. The zero-order valence-electron chi connectivity index (χ0n) is 10.4. The molecule has 1 aromatic carbocycles. The highest BCUT2D eigenvalue weighted by molar-refractivity contribution is 5.35. The van der Waals surface area contributed by atoms with Gasteiger partial charge in [-0.25, -0.2) is 4.39 Å². The first-order valence-electron chi connectivity index (χ1n) is 5.62. The van der Waals surface area contributed by atoms with E-state index in [-0.39, 0.29) is 11.9 Å². The zero-order chi connectivity index (χ0) is 13.1. The molecule has 18 heavy (non-hydrogen) atoms. The summed E-state index contributed by atoms with van der Waals surface area (Å²) in [5, 5.41) is 0. The lowest BCUT2D eigenvalue weighted by molar-refractivity contribution is 0.412. The molecule has 0 amide bonds. The molecular formula is C14H15FN2O. The second kappa shape index (κ2) is 5.14. The van der Waals surface area contributed by atoms with Crippen molar-refractivity contribution in [2.24, 2.45) is 5.73 Å². The quantitative estimate of drug-likeness (QED) is 0.905. The van der Waals surface area contributed by atoms with E-state index < -0.39 is 0 Å². The van der Waals surface area contributed by atoms with Gasteiger partial charge >= 0.3 is 0 Å². The lowest BCUT2D eigenvalue weighted by Gasteiger charge is -2.14. The number of benzene rings is 1. The number of aryl methyl sites for hydroxylation is 1. The summed E-state index contributed by atoms with van der Waals surface area (Å²) in [6, 6.07) is 6.35. The van der Waals surface area contributed by atoms with Crippen LogP contribution in [-0.4, -0.2) is 12.1 Å². The normalized spacial score (nSPS) is 12.2. The molecule has 1 aromatic heterocycles. The topological polar surface area (TPSA) is 48.1 Å². The van der Waals surface area contributed by atoms with Crippen molar-refractivity contribution < 1.29 is 9.13 Å². The number of pyridine rings is 1. The van der Waals surface area contributed by atoms with Gasteiger partial charge in [0.05, 0.1) is 19.3 Å². The van der Waals surface area contributed by atoms with Gasteiger partial charge in [0.2, 0.25) is 0 Å². The minimum atomic E-state index is -0.341. The van der Waals surface area contributed by atoms with E-state index >= 15 is 0 Å². The van der Waals surface area contributed by atoms with Crippen molar-refractivity contribution in [2.75, 3.05) is 7.11 Å². The van der Waals surface area contributed by atoms with Gasteiger partial charge in [-0.15, -0.1) is 0 Å². The number of nitrogens with two attached hydrogens (primary N) is 1. The summed E-state index contributed by atoms with van der Waals surface area (Å²) in [5.74, 6) is 0.427. The molecule has 1 heterocycles. The maximum atomic E-state index is 13.2. The molecule has 2 N–H and O–H groups in total. The molecule has 4 heteroatoms. The molecule has 0 aliphatic rings. The summed E-state index contributed by atoms with van der Waals surface area (Å²) in [4.78, 5) is 4.06. The largest absolute Gasteiger partial charge is 0.495 e. The third kappa shape index (κ3) is 2.49. The summed E-state index contributed by atoms with van der Waals surface area (Å²) >= 11 is 0. The van der Waals surface area contributed by atoms with E-state index in [9.17, 15) is 4.39 Å². The molecule has 0 aliphatic heterocycles. The molecule has 0 fully saturated rings. The van der Waals surface area contributed by atoms with E-state index in [0.29, 0.717) is 11.3 Å². The van der Waals surface area contributed by atoms with Gasteiger partial charge in [-0.2, -0.15) is 0 Å². The van der Waals surface area contributed by atoms with E-state index in [2.05, 4.69) is 4.98 Å². The third-order valence-electron chi connectivity index (χ3n) is 2.87. The van der Waals surface area contributed by atoms with Crippen LogP contribution in [0.15, 0.2) is 36.7 Å². The summed E-state index contributed by atoms with van der Waals surface area (Å²) < 4.78 is 18.3. The smallest absolute Gasteiger partial charge is 0.137 e. The summed E-state index contributed by atoms with van der Waals surface area (Å²) in [5.41, 5.74) is 8.41. The third-order valence-corrected chi connectivity index (χ3v) is 2.87. The molecule has 94 valence electrons. The van der Waals surface area contributed by atoms with Crippen molar-refractivity contribution in [3.05, 3.63) is 59.2 Å². The Morgan fingerprint density at radius 1 is 1.22 bits per heavy atom. The maximum Gasteiger partial charge on any atom is 0.137 e. The van der Waals surface area contributed by atoms with Crippen LogP contribution in [0.2, 0.25) is 0 Å². The minimum absolute atomic E-state index is 0.227. The highest BCUT2D eigenvalue weighted by atomic mass is 19.1. The fourth-order valence-electron chi connectivity index (χ4n) is 1.77. The Bertz CT molecular complexity index is 557. The standard InChI is InChI=1S/C14H15FN2O/c1-9-5-10(3-4-13(9)15)14(16)11-6-12(18-2)8-17-7-11/h3-8,14H,16H2,1-2H3. The highest BCUT2D eigenvalue weighted by Gasteiger charge is 2.11. The monoisotopic (exact) mass is 246 g/mol. The van der Waals surface area contributed by atoms with Gasteiger partial charge < -0.3 is 10.5 Å². The minimum Gasteiger partial charge on any atom is -0.495 e. The van der Waals surface area contributed by atoms with E-state index in [1.54, 1.807) is 38.6 Å². The van der Waals surface area contributed by atoms with Gasteiger partial charge in [-0.1, -0.05) is 12.1 Å². The lowest BCUT2D eigenvalue weighted by Crippen LogP contribution is -2.12. The Morgan fingerprint density at radius 3 is 2.67 bits per heavy atom. The Hall–Kier alpha value is -1.94. The summed E-state index contributed by atoms with van der Waals surface area (Å²) in [7, 11) is 1.58.